The molecule has 5 rings (SSSR count). The summed E-state index contributed by atoms with van der Waals surface area (Å²) in [6, 6.07) is 33.3. The van der Waals surface area contributed by atoms with E-state index in [9.17, 15) is 14.0 Å². The summed E-state index contributed by atoms with van der Waals surface area (Å²) in [5.41, 5.74) is 10.4. The summed E-state index contributed by atoms with van der Waals surface area (Å²) < 4.78 is 20.3. The van der Waals surface area contributed by atoms with Gasteiger partial charge in [-0.05, 0) is 71.6 Å². The first-order valence-corrected chi connectivity index (χ1v) is 14.5. The summed E-state index contributed by atoms with van der Waals surface area (Å²) in [5, 5.41) is 5.93. The summed E-state index contributed by atoms with van der Waals surface area (Å²) in [6.45, 7) is 2.09. The Morgan fingerprint density at radius 1 is 0.841 bits per heavy atom. The Balaban J connectivity index is 1.48. The van der Waals surface area contributed by atoms with Crippen molar-refractivity contribution in [2.45, 2.75) is 26.1 Å². The zero-order valence-electron chi connectivity index (χ0n) is 24.0. The molecule has 5 aromatic carbocycles. The van der Waals surface area contributed by atoms with E-state index in [0.717, 1.165) is 16.7 Å². The molecule has 1 unspecified atom stereocenters. The Hall–Kier alpha value is -4.82. The predicted molar refractivity (Wildman–Crippen MR) is 172 cm³/mol. The number of carbonyl (C=O) groups excluding carboxylic acids is 2. The Kier molecular flexibility index (Phi) is 9.82. The summed E-state index contributed by atoms with van der Waals surface area (Å²) in [5.74, 6) is -0.517. The number of amides is 2. The number of nitrogens with two attached hydrogens (primary N) is 1. The first-order valence-electron chi connectivity index (χ1n) is 14.1. The first-order chi connectivity index (χ1) is 21.3. The molecule has 2 amide bonds. The SMILES string of the molecule is CC(NCc1ccccc1F)C(=O)NC(=O)c1ccc(-c2ccccc2)cc1-c1ccc(Cl)cc1Oc1cccc(CN)c1. The molecule has 0 radical (unpaired) electrons. The highest BCUT2D eigenvalue weighted by Crippen LogP contribution is 2.39. The molecule has 5 aromatic rings. The van der Waals surface area contributed by atoms with Crippen molar-refractivity contribution < 1.29 is 18.7 Å². The second kappa shape index (κ2) is 14.1. The summed E-state index contributed by atoms with van der Waals surface area (Å²) in [6.07, 6.45) is 0. The van der Waals surface area contributed by atoms with Crippen LogP contribution in [0.4, 0.5) is 4.39 Å². The second-order valence-corrected chi connectivity index (χ2v) is 10.7. The minimum absolute atomic E-state index is 0.128. The molecule has 0 saturated carbocycles. The highest BCUT2D eigenvalue weighted by molar-refractivity contribution is 6.30. The number of halogens is 2. The number of nitrogens with one attached hydrogen (secondary N) is 2. The highest BCUT2D eigenvalue weighted by Gasteiger charge is 2.22. The van der Waals surface area contributed by atoms with Crippen molar-refractivity contribution in [3.05, 3.63) is 143 Å². The van der Waals surface area contributed by atoms with E-state index in [-0.39, 0.29) is 17.9 Å². The number of hydrogen-bond acceptors (Lipinski definition) is 5. The van der Waals surface area contributed by atoms with E-state index in [0.29, 0.717) is 39.8 Å². The first kappa shape index (κ1) is 30.6. The lowest BCUT2D eigenvalue weighted by atomic mass is 9.93. The predicted octanol–water partition coefficient (Wildman–Crippen LogP) is 7.50. The van der Waals surface area contributed by atoms with Crippen molar-refractivity contribution in [3.63, 3.8) is 0 Å². The number of rotatable bonds is 10. The van der Waals surface area contributed by atoms with E-state index in [1.54, 1.807) is 49.4 Å². The van der Waals surface area contributed by atoms with Crippen LogP contribution in [-0.2, 0) is 17.9 Å². The molecular formula is C36H31ClFN3O3. The quantitative estimate of drug-likeness (QED) is 0.153. The van der Waals surface area contributed by atoms with Gasteiger partial charge in [0.15, 0.2) is 0 Å². The van der Waals surface area contributed by atoms with Gasteiger partial charge in [-0.3, -0.25) is 14.9 Å². The van der Waals surface area contributed by atoms with Crippen LogP contribution in [0.15, 0.2) is 115 Å². The van der Waals surface area contributed by atoms with Crippen LogP contribution in [0.5, 0.6) is 11.5 Å². The summed E-state index contributed by atoms with van der Waals surface area (Å²) >= 11 is 6.39. The third kappa shape index (κ3) is 7.38. The number of imide groups is 1. The van der Waals surface area contributed by atoms with Crippen molar-refractivity contribution in [1.82, 2.24) is 10.6 Å². The Bertz CT molecular complexity index is 1800. The third-order valence-corrected chi connectivity index (χ3v) is 7.39. The van der Waals surface area contributed by atoms with E-state index < -0.39 is 17.9 Å². The van der Waals surface area contributed by atoms with Crippen LogP contribution in [0.3, 0.4) is 0 Å². The molecule has 0 heterocycles. The fraction of sp³-hybridized carbons (Fsp3) is 0.111. The molecule has 8 heteroatoms. The van der Waals surface area contributed by atoms with Gasteiger partial charge in [-0.2, -0.15) is 0 Å². The van der Waals surface area contributed by atoms with Crippen LogP contribution in [0.1, 0.15) is 28.4 Å². The van der Waals surface area contributed by atoms with Gasteiger partial charge < -0.3 is 15.8 Å². The van der Waals surface area contributed by atoms with E-state index in [1.807, 2.05) is 66.7 Å². The highest BCUT2D eigenvalue weighted by atomic mass is 35.5. The maximum Gasteiger partial charge on any atom is 0.258 e. The monoisotopic (exact) mass is 607 g/mol. The molecule has 44 heavy (non-hydrogen) atoms. The molecule has 0 bridgehead atoms. The van der Waals surface area contributed by atoms with Gasteiger partial charge in [-0.15, -0.1) is 0 Å². The van der Waals surface area contributed by atoms with E-state index in [1.165, 1.54) is 6.07 Å². The van der Waals surface area contributed by atoms with Crippen molar-refractivity contribution in [2.75, 3.05) is 0 Å². The van der Waals surface area contributed by atoms with Gasteiger partial charge in [-0.25, -0.2) is 4.39 Å². The zero-order valence-corrected chi connectivity index (χ0v) is 24.8. The van der Waals surface area contributed by atoms with Crippen molar-refractivity contribution >= 4 is 23.4 Å². The third-order valence-electron chi connectivity index (χ3n) is 7.15. The number of carbonyl (C=O) groups is 2. The van der Waals surface area contributed by atoms with E-state index in [2.05, 4.69) is 10.6 Å². The number of benzene rings is 5. The minimum atomic E-state index is -0.769. The Labute approximate surface area is 260 Å². The molecule has 0 aliphatic carbocycles. The fourth-order valence-electron chi connectivity index (χ4n) is 4.73. The largest absolute Gasteiger partial charge is 0.457 e. The molecule has 0 saturated heterocycles. The van der Waals surface area contributed by atoms with Crippen LogP contribution in [0, 0.1) is 5.82 Å². The van der Waals surface area contributed by atoms with Crippen molar-refractivity contribution in [3.8, 4) is 33.8 Å². The van der Waals surface area contributed by atoms with Gasteiger partial charge in [0.25, 0.3) is 5.91 Å². The van der Waals surface area contributed by atoms with Crippen LogP contribution in [0.2, 0.25) is 5.02 Å². The van der Waals surface area contributed by atoms with Crippen LogP contribution in [-0.4, -0.2) is 17.9 Å². The number of hydrogen-bond donors (Lipinski definition) is 3. The Morgan fingerprint density at radius 2 is 1.61 bits per heavy atom. The molecule has 4 N–H and O–H groups in total. The zero-order chi connectivity index (χ0) is 31.1. The topological polar surface area (TPSA) is 93.5 Å². The van der Waals surface area contributed by atoms with Gasteiger partial charge >= 0.3 is 0 Å². The molecule has 6 nitrogen and oxygen atoms in total. The maximum atomic E-state index is 14.0. The van der Waals surface area contributed by atoms with Gasteiger partial charge in [0.2, 0.25) is 5.91 Å². The van der Waals surface area contributed by atoms with Crippen molar-refractivity contribution in [2.24, 2.45) is 5.73 Å². The summed E-state index contributed by atoms with van der Waals surface area (Å²) in [4.78, 5) is 26.7. The van der Waals surface area contributed by atoms with E-state index in [4.69, 9.17) is 22.1 Å². The molecule has 0 aliphatic rings. The van der Waals surface area contributed by atoms with Crippen molar-refractivity contribution in [1.29, 1.82) is 0 Å². The molecular weight excluding hydrogens is 577 g/mol. The lowest BCUT2D eigenvalue weighted by Gasteiger charge is -2.18. The van der Waals surface area contributed by atoms with Gasteiger partial charge in [0.1, 0.15) is 17.3 Å². The van der Waals surface area contributed by atoms with Gasteiger partial charge in [-0.1, -0.05) is 78.3 Å². The molecule has 0 fully saturated rings. The molecule has 0 aromatic heterocycles. The van der Waals surface area contributed by atoms with Gasteiger partial charge in [0.05, 0.1) is 6.04 Å². The van der Waals surface area contributed by atoms with Crippen LogP contribution >= 0.6 is 11.6 Å². The fourth-order valence-corrected chi connectivity index (χ4v) is 4.89. The number of ether oxygens (including phenoxy) is 1. The van der Waals surface area contributed by atoms with Crippen LogP contribution in [0.25, 0.3) is 22.3 Å². The average Bonchev–Trinajstić information content (AvgIpc) is 3.04. The van der Waals surface area contributed by atoms with E-state index >= 15 is 0 Å². The van der Waals surface area contributed by atoms with Crippen LogP contribution < -0.4 is 21.1 Å². The molecule has 0 spiro atoms. The minimum Gasteiger partial charge on any atom is -0.457 e. The lowest BCUT2D eigenvalue weighted by molar-refractivity contribution is -0.121. The smallest absolute Gasteiger partial charge is 0.258 e. The standard InChI is InChI=1S/C36H31ClFN3O3/c1-23(40-22-27-11-5-6-13-33(27)38)35(42)41-36(43)31-16-14-26(25-9-3-2-4-10-25)19-32(31)30-17-15-28(37)20-34(30)44-29-12-7-8-24(18-29)21-39/h2-20,23,40H,21-22,39H2,1H3,(H,41,42,43). The summed E-state index contributed by atoms with van der Waals surface area (Å²) in [7, 11) is 0. The molecule has 1 atom stereocenters. The second-order valence-electron chi connectivity index (χ2n) is 10.2. The Morgan fingerprint density at radius 3 is 2.39 bits per heavy atom. The van der Waals surface area contributed by atoms with Gasteiger partial charge in [0, 0.05) is 40.9 Å². The lowest BCUT2D eigenvalue weighted by Crippen LogP contribution is -2.44. The molecule has 222 valence electrons. The average molecular weight is 608 g/mol. The molecule has 0 aliphatic heterocycles. The normalized spacial score (nSPS) is 11.5. The maximum absolute atomic E-state index is 14.0.